The van der Waals surface area contributed by atoms with Gasteiger partial charge in [-0.1, -0.05) is 0 Å². The van der Waals surface area contributed by atoms with Crippen LogP contribution in [0.4, 0.5) is 14.5 Å². The first-order valence-electron chi connectivity index (χ1n) is 6.78. The summed E-state index contributed by atoms with van der Waals surface area (Å²) < 4.78 is 37.6. The number of benzene rings is 1. The summed E-state index contributed by atoms with van der Waals surface area (Å²) >= 11 is 0. The molecule has 1 N–H and O–H groups in total. The van der Waals surface area contributed by atoms with E-state index in [4.69, 9.17) is 9.47 Å². The molecule has 114 valence electrons. The molecule has 1 spiro atoms. The monoisotopic (exact) mass is 298 g/mol. The maximum atomic E-state index is 13.4. The van der Waals surface area contributed by atoms with Gasteiger partial charge in [0.15, 0.2) is 11.6 Å². The molecular formula is C14H16F2N2O3. The van der Waals surface area contributed by atoms with E-state index in [0.717, 1.165) is 12.1 Å². The largest absolute Gasteiger partial charge is 0.377 e. The highest BCUT2D eigenvalue weighted by Gasteiger charge is 2.41. The van der Waals surface area contributed by atoms with Crippen molar-refractivity contribution < 1.29 is 23.0 Å². The summed E-state index contributed by atoms with van der Waals surface area (Å²) in [7, 11) is 0. The molecule has 7 heteroatoms. The fourth-order valence-electron chi connectivity index (χ4n) is 2.57. The number of nitrogens with one attached hydrogen (secondary N) is 1. The van der Waals surface area contributed by atoms with Gasteiger partial charge in [0.25, 0.3) is 5.91 Å². The molecular weight excluding hydrogens is 282 g/mol. The van der Waals surface area contributed by atoms with Crippen LogP contribution >= 0.6 is 0 Å². The molecule has 2 saturated heterocycles. The first-order chi connectivity index (χ1) is 10.1. The molecule has 0 radical (unpaired) electrons. The number of ether oxygens (including phenoxy) is 2. The summed E-state index contributed by atoms with van der Waals surface area (Å²) in [5, 5.41) is 3.19. The molecule has 2 heterocycles. The van der Waals surface area contributed by atoms with Gasteiger partial charge < -0.3 is 19.7 Å². The Morgan fingerprint density at radius 1 is 1.29 bits per heavy atom. The molecule has 0 saturated carbocycles. The summed E-state index contributed by atoms with van der Waals surface area (Å²) in [6, 6.07) is 3.43. The third-order valence-electron chi connectivity index (χ3n) is 3.70. The van der Waals surface area contributed by atoms with Crippen LogP contribution in [0.1, 0.15) is 0 Å². The molecule has 1 aromatic rings. The molecule has 1 atom stereocenters. The first-order valence-corrected chi connectivity index (χ1v) is 6.78. The minimum Gasteiger partial charge on any atom is -0.377 e. The number of anilines is 1. The molecule has 21 heavy (non-hydrogen) atoms. The molecule has 2 aliphatic rings. The molecule has 0 bridgehead atoms. The Bertz CT molecular complexity index is 545. The Morgan fingerprint density at radius 2 is 2.14 bits per heavy atom. The lowest BCUT2D eigenvalue weighted by molar-refractivity contribution is -0.144. The summed E-state index contributed by atoms with van der Waals surface area (Å²) in [4.78, 5) is 13.4. The third kappa shape index (κ3) is 2.90. The van der Waals surface area contributed by atoms with Crippen LogP contribution in [0.15, 0.2) is 18.2 Å². The van der Waals surface area contributed by atoms with Crippen LogP contribution in [0.2, 0.25) is 0 Å². The van der Waals surface area contributed by atoms with Crippen LogP contribution in [0.25, 0.3) is 0 Å². The lowest BCUT2D eigenvalue weighted by Gasteiger charge is -2.41. The zero-order valence-electron chi connectivity index (χ0n) is 11.4. The SMILES string of the molecule is O=C1CO[C@]2(CNCCOC2)CN1c1ccc(F)c(F)c1. The standard InChI is InChI=1S/C14H16F2N2O3/c15-11-2-1-10(5-12(11)16)18-8-14(21-6-13(18)19)7-17-3-4-20-9-14/h1-2,5,17H,3-4,6-9H2/t14-/m1/s1. The van der Waals surface area contributed by atoms with Gasteiger partial charge in [0.2, 0.25) is 0 Å². The van der Waals surface area contributed by atoms with Gasteiger partial charge in [0, 0.05) is 24.8 Å². The van der Waals surface area contributed by atoms with E-state index in [0.29, 0.717) is 32.0 Å². The molecule has 0 unspecified atom stereocenters. The van der Waals surface area contributed by atoms with Crippen LogP contribution in [0.5, 0.6) is 0 Å². The van der Waals surface area contributed by atoms with Gasteiger partial charge in [-0.25, -0.2) is 8.78 Å². The maximum Gasteiger partial charge on any atom is 0.253 e. The van der Waals surface area contributed by atoms with E-state index in [2.05, 4.69) is 5.32 Å². The minimum atomic E-state index is -0.976. The van der Waals surface area contributed by atoms with Crippen molar-refractivity contribution in [2.45, 2.75) is 5.60 Å². The van der Waals surface area contributed by atoms with E-state index in [1.807, 2.05) is 0 Å². The van der Waals surface area contributed by atoms with Crippen LogP contribution in [0, 0.1) is 11.6 Å². The quantitative estimate of drug-likeness (QED) is 0.829. The predicted molar refractivity (Wildman–Crippen MR) is 71.1 cm³/mol. The maximum absolute atomic E-state index is 13.4. The Kier molecular flexibility index (Phi) is 3.88. The predicted octanol–water partition coefficient (Wildman–Crippen LogP) is 0.687. The second-order valence-corrected chi connectivity index (χ2v) is 5.28. The lowest BCUT2D eigenvalue weighted by atomic mass is 10.0. The topological polar surface area (TPSA) is 50.8 Å². The lowest BCUT2D eigenvalue weighted by Crippen LogP contribution is -2.60. The molecule has 0 aromatic heterocycles. The normalized spacial score (nSPS) is 27.0. The number of rotatable bonds is 1. The van der Waals surface area contributed by atoms with E-state index in [1.165, 1.54) is 11.0 Å². The molecule has 0 aliphatic carbocycles. The van der Waals surface area contributed by atoms with Gasteiger partial charge in [-0.2, -0.15) is 0 Å². The molecule has 1 aromatic carbocycles. The zero-order valence-corrected chi connectivity index (χ0v) is 11.4. The Morgan fingerprint density at radius 3 is 2.95 bits per heavy atom. The summed E-state index contributed by atoms with van der Waals surface area (Å²) in [6.07, 6.45) is 0. The van der Waals surface area contributed by atoms with Crippen LogP contribution in [0.3, 0.4) is 0 Å². The number of halogens is 2. The summed E-state index contributed by atoms with van der Waals surface area (Å²) in [6.45, 7) is 2.32. The highest BCUT2D eigenvalue weighted by Crippen LogP contribution is 2.26. The highest BCUT2D eigenvalue weighted by molar-refractivity contribution is 5.95. The number of hydrogen-bond donors (Lipinski definition) is 1. The molecule has 1 amide bonds. The Balaban J connectivity index is 1.85. The fourth-order valence-corrected chi connectivity index (χ4v) is 2.57. The van der Waals surface area contributed by atoms with E-state index < -0.39 is 17.2 Å². The van der Waals surface area contributed by atoms with Gasteiger partial charge in [-0.3, -0.25) is 4.79 Å². The number of morpholine rings is 1. The van der Waals surface area contributed by atoms with Crippen LogP contribution in [-0.2, 0) is 14.3 Å². The van der Waals surface area contributed by atoms with Gasteiger partial charge in [-0.15, -0.1) is 0 Å². The second kappa shape index (κ2) is 5.67. The Hall–Kier alpha value is -1.57. The number of carbonyl (C=O) groups is 1. The Labute approximate surface area is 120 Å². The zero-order chi connectivity index (χ0) is 14.9. The number of amides is 1. The molecule has 3 rings (SSSR count). The smallest absolute Gasteiger partial charge is 0.253 e. The van der Waals surface area contributed by atoms with E-state index in [9.17, 15) is 13.6 Å². The first kappa shape index (κ1) is 14.4. The van der Waals surface area contributed by atoms with Crippen molar-refractivity contribution in [1.29, 1.82) is 0 Å². The fraction of sp³-hybridized carbons (Fsp3) is 0.500. The number of hydrogen-bond acceptors (Lipinski definition) is 4. The second-order valence-electron chi connectivity index (χ2n) is 5.28. The molecule has 2 fully saturated rings. The molecule has 2 aliphatic heterocycles. The number of carbonyl (C=O) groups excluding carboxylic acids is 1. The van der Waals surface area contributed by atoms with Crippen molar-refractivity contribution >= 4 is 11.6 Å². The number of nitrogens with zero attached hydrogens (tertiary/aromatic N) is 1. The van der Waals surface area contributed by atoms with Gasteiger partial charge >= 0.3 is 0 Å². The summed E-state index contributed by atoms with van der Waals surface area (Å²) in [5.74, 6) is -2.19. The van der Waals surface area contributed by atoms with Crippen LogP contribution < -0.4 is 10.2 Å². The van der Waals surface area contributed by atoms with Crippen molar-refractivity contribution in [1.82, 2.24) is 5.32 Å². The summed E-state index contributed by atoms with van der Waals surface area (Å²) in [5.41, 5.74) is -0.333. The highest BCUT2D eigenvalue weighted by atomic mass is 19.2. The van der Waals surface area contributed by atoms with Crippen molar-refractivity contribution in [2.75, 3.05) is 44.4 Å². The average Bonchev–Trinajstić information content (AvgIpc) is 2.71. The van der Waals surface area contributed by atoms with E-state index >= 15 is 0 Å². The average molecular weight is 298 g/mol. The van der Waals surface area contributed by atoms with Gasteiger partial charge in [-0.05, 0) is 12.1 Å². The molecule has 5 nitrogen and oxygen atoms in total. The van der Waals surface area contributed by atoms with Gasteiger partial charge in [0.05, 0.1) is 19.8 Å². The van der Waals surface area contributed by atoms with E-state index in [-0.39, 0.29) is 19.1 Å². The van der Waals surface area contributed by atoms with Crippen molar-refractivity contribution in [3.63, 3.8) is 0 Å². The minimum absolute atomic E-state index is 0.107. The van der Waals surface area contributed by atoms with Crippen molar-refractivity contribution in [3.05, 3.63) is 29.8 Å². The van der Waals surface area contributed by atoms with Crippen molar-refractivity contribution in [2.24, 2.45) is 0 Å². The van der Waals surface area contributed by atoms with E-state index in [1.54, 1.807) is 0 Å². The van der Waals surface area contributed by atoms with Crippen molar-refractivity contribution in [3.8, 4) is 0 Å². The van der Waals surface area contributed by atoms with Crippen LogP contribution in [-0.4, -0.2) is 51.0 Å². The third-order valence-corrected chi connectivity index (χ3v) is 3.70. The van der Waals surface area contributed by atoms with Gasteiger partial charge in [0.1, 0.15) is 12.2 Å².